The molecule has 1 rings (SSSR count). The summed E-state index contributed by atoms with van der Waals surface area (Å²) in [6.07, 6.45) is 5.15. The van der Waals surface area contributed by atoms with E-state index in [1.807, 2.05) is 13.8 Å². The molecule has 0 saturated heterocycles. The third kappa shape index (κ3) is 4.46. The number of thioether (sulfide) groups is 1. The second-order valence-corrected chi connectivity index (χ2v) is 4.48. The van der Waals surface area contributed by atoms with E-state index in [4.69, 9.17) is 10.8 Å². The van der Waals surface area contributed by atoms with Crippen molar-refractivity contribution in [3.63, 3.8) is 0 Å². The predicted molar refractivity (Wildman–Crippen MR) is 66.0 cm³/mol. The molecule has 0 aliphatic heterocycles. The number of aryl methyl sites for hydroxylation is 2. The maximum absolute atomic E-state index is 5.44. The average Bonchev–Trinajstić information content (AvgIpc) is 2.51. The summed E-state index contributed by atoms with van der Waals surface area (Å²) in [6, 6.07) is 2.08. The molecule has 0 aliphatic carbocycles. The normalized spacial score (nSPS) is 10.2. The Hall–Kier alpha value is -0.850. The number of furan rings is 1. The number of terminal acetylenes is 1. The summed E-state index contributed by atoms with van der Waals surface area (Å²) in [5.74, 6) is 6.45. The van der Waals surface area contributed by atoms with Gasteiger partial charge in [-0.25, -0.2) is 0 Å². The molecule has 0 unspecified atom stereocenters. The van der Waals surface area contributed by atoms with E-state index in [-0.39, 0.29) is 0 Å². The van der Waals surface area contributed by atoms with Crippen molar-refractivity contribution < 1.29 is 4.42 Å². The first-order valence-corrected chi connectivity index (χ1v) is 6.17. The first-order chi connectivity index (χ1) is 7.24. The highest BCUT2D eigenvalue weighted by Gasteiger charge is 2.02. The van der Waals surface area contributed by atoms with Gasteiger partial charge < -0.3 is 9.73 Å². The quantitative estimate of drug-likeness (QED) is 0.592. The van der Waals surface area contributed by atoms with Crippen LogP contribution in [0.15, 0.2) is 10.5 Å². The molecule has 3 heteroatoms. The van der Waals surface area contributed by atoms with Crippen LogP contribution in [-0.4, -0.2) is 18.1 Å². The summed E-state index contributed by atoms with van der Waals surface area (Å²) in [4.78, 5) is 0. The van der Waals surface area contributed by atoms with Gasteiger partial charge in [-0.1, -0.05) is 5.92 Å². The minimum absolute atomic E-state index is 0.797. The Morgan fingerprint density at radius 1 is 1.53 bits per heavy atom. The molecule has 0 saturated carbocycles. The minimum atomic E-state index is 0.797. The zero-order valence-electron chi connectivity index (χ0n) is 9.30. The summed E-state index contributed by atoms with van der Waals surface area (Å²) < 4.78 is 5.44. The largest absolute Gasteiger partial charge is 0.466 e. The molecule has 0 radical (unpaired) electrons. The van der Waals surface area contributed by atoms with Crippen molar-refractivity contribution in [3.8, 4) is 12.3 Å². The molecule has 15 heavy (non-hydrogen) atoms. The summed E-state index contributed by atoms with van der Waals surface area (Å²) >= 11 is 1.78. The second-order valence-electron chi connectivity index (χ2n) is 3.37. The van der Waals surface area contributed by atoms with Gasteiger partial charge in [-0.05, 0) is 19.9 Å². The molecule has 1 aromatic heterocycles. The van der Waals surface area contributed by atoms with Crippen molar-refractivity contribution in [3.05, 3.63) is 23.2 Å². The minimum Gasteiger partial charge on any atom is -0.466 e. The number of hydrogen-bond acceptors (Lipinski definition) is 3. The third-order valence-electron chi connectivity index (χ3n) is 2.07. The van der Waals surface area contributed by atoms with Gasteiger partial charge in [-0.3, -0.25) is 0 Å². The highest BCUT2D eigenvalue weighted by atomic mass is 32.2. The molecule has 0 spiro atoms. The van der Waals surface area contributed by atoms with E-state index < -0.39 is 0 Å². The molecule has 0 aliphatic rings. The van der Waals surface area contributed by atoms with Gasteiger partial charge in [-0.15, -0.1) is 18.2 Å². The van der Waals surface area contributed by atoms with E-state index in [2.05, 4.69) is 17.3 Å². The Labute approximate surface area is 95.8 Å². The van der Waals surface area contributed by atoms with Crippen molar-refractivity contribution in [2.75, 3.05) is 18.1 Å². The van der Waals surface area contributed by atoms with Crippen molar-refractivity contribution in [2.24, 2.45) is 0 Å². The van der Waals surface area contributed by atoms with Gasteiger partial charge in [0.25, 0.3) is 0 Å². The zero-order valence-corrected chi connectivity index (χ0v) is 10.1. The maximum atomic E-state index is 5.44. The number of nitrogens with one attached hydrogen (secondary N) is 1. The Morgan fingerprint density at radius 3 is 2.93 bits per heavy atom. The van der Waals surface area contributed by atoms with Gasteiger partial charge in [0.15, 0.2) is 0 Å². The van der Waals surface area contributed by atoms with Crippen LogP contribution in [0.2, 0.25) is 0 Å². The second kappa shape index (κ2) is 6.60. The monoisotopic (exact) mass is 223 g/mol. The molecular formula is C12H17NOS. The smallest absolute Gasteiger partial charge is 0.105 e. The molecule has 1 aromatic rings. The summed E-state index contributed by atoms with van der Waals surface area (Å²) in [5.41, 5.74) is 1.24. The van der Waals surface area contributed by atoms with Gasteiger partial charge in [-0.2, -0.15) is 0 Å². The molecular weight excluding hydrogens is 206 g/mol. The Morgan fingerprint density at radius 2 is 2.33 bits per heavy atom. The van der Waals surface area contributed by atoms with Gasteiger partial charge in [0.05, 0.1) is 5.75 Å². The fraction of sp³-hybridized carbons (Fsp3) is 0.500. The lowest BCUT2D eigenvalue weighted by Gasteiger charge is -2.02. The van der Waals surface area contributed by atoms with Crippen LogP contribution < -0.4 is 5.32 Å². The lowest BCUT2D eigenvalue weighted by atomic mass is 10.2. The van der Waals surface area contributed by atoms with Gasteiger partial charge >= 0.3 is 0 Å². The van der Waals surface area contributed by atoms with Gasteiger partial charge in [0.2, 0.25) is 0 Å². The van der Waals surface area contributed by atoms with Crippen LogP contribution in [-0.2, 0) is 6.54 Å². The van der Waals surface area contributed by atoms with Crippen LogP contribution in [0, 0.1) is 26.2 Å². The third-order valence-corrected chi connectivity index (χ3v) is 2.93. The molecule has 0 amide bonds. The van der Waals surface area contributed by atoms with E-state index in [0.29, 0.717) is 0 Å². The first-order valence-electron chi connectivity index (χ1n) is 5.02. The van der Waals surface area contributed by atoms with Gasteiger partial charge in [0.1, 0.15) is 11.5 Å². The SMILES string of the molecule is C#CCSCCNCc1cc(C)oc1C. The Kier molecular flexibility index (Phi) is 5.38. The van der Waals surface area contributed by atoms with Crippen LogP contribution in [0.3, 0.4) is 0 Å². The van der Waals surface area contributed by atoms with Crippen molar-refractivity contribution >= 4 is 11.8 Å². The van der Waals surface area contributed by atoms with Crippen molar-refractivity contribution in [1.82, 2.24) is 5.32 Å². The van der Waals surface area contributed by atoms with E-state index >= 15 is 0 Å². The Bertz CT molecular complexity index is 338. The summed E-state index contributed by atoms with van der Waals surface area (Å²) in [5, 5.41) is 3.37. The van der Waals surface area contributed by atoms with E-state index in [0.717, 1.165) is 36.1 Å². The molecule has 2 nitrogen and oxygen atoms in total. The topological polar surface area (TPSA) is 25.2 Å². The van der Waals surface area contributed by atoms with E-state index in [1.54, 1.807) is 11.8 Å². The van der Waals surface area contributed by atoms with Crippen LogP contribution >= 0.6 is 11.8 Å². The molecule has 82 valence electrons. The molecule has 1 N–H and O–H groups in total. The van der Waals surface area contributed by atoms with Gasteiger partial charge in [0, 0.05) is 24.4 Å². The highest BCUT2D eigenvalue weighted by Crippen LogP contribution is 2.12. The summed E-state index contributed by atoms with van der Waals surface area (Å²) in [7, 11) is 0. The maximum Gasteiger partial charge on any atom is 0.105 e. The molecule has 0 aromatic carbocycles. The lowest BCUT2D eigenvalue weighted by molar-refractivity contribution is 0.499. The Balaban J connectivity index is 2.15. The number of rotatable bonds is 6. The first kappa shape index (κ1) is 12.2. The predicted octanol–water partition coefficient (Wildman–Crippen LogP) is 2.35. The van der Waals surface area contributed by atoms with E-state index in [1.165, 1.54) is 5.56 Å². The average molecular weight is 223 g/mol. The van der Waals surface area contributed by atoms with E-state index in [9.17, 15) is 0 Å². The molecule has 1 heterocycles. The van der Waals surface area contributed by atoms with Crippen LogP contribution in [0.4, 0.5) is 0 Å². The lowest BCUT2D eigenvalue weighted by Crippen LogP contribution is -2.16. The molecule has 0 fully saturated rings. The fourth-order valence-corrected chi connectivity index (χ4v) is 1.91. The zero-order chi connectivity index (χ0) is 11.1. The molecule has 0 bridgehead atoms. The van der Waals surface area contributed by atoms with Crippen molar-refractivity contribution in [1.29, 1.82) is 0 Å². The molecule has 0 atom stereocenters. The highest BCUT2D eigenvalue weighted by molar-refractivity contribution is 7.99. The standard InChI is InChI=1S/C12H17NOS/c1-4-6-15-7-5-13-9-12-8-10(2)14-11(12)3/h1,8,13H,5-7,9H2,2-3H3. The fourth-order valence-electron chi connectivity index (χ4n) is 1.36. The van der Waals surface area contributed by atoms with Crippen molar-refractivity contribution in [2.45, 2.75) is 20.4 Å². The van der Waals surface area contributed by atoms with Crippen LogP contribution in [0.5, 0.6) is 0 Å². The van der Waals surface area contributed by atoms with Crippen LogP contribution in [0.1, 0.15) is 17.1 Å². The number of hydrogen-bond donors (Lipinski definition) is 1. The van der Waals surface area contributed by atoms with Crippen LogP contribution in [0.25, 0.3) is 0 Å². The summed E-state index contributed by atoms with van der Waals surface area (Å²) in [6.45, 7) is 5.83.